The first-order chi connectivity index (χ1) is 10.8. The van der Waals surface area contributed by atoms with Crippen molar-refractivity contribution in [3.63, 3.8) is 0 Å². The van der Waals surface area contributed by atoms with E-state index in [9.17, 15) is 4.79 Å². The van der Waals surface area contributed by atoms with Crippen molar-refractivity contribution in [3.05, 3.63) is 66.5 Å². The number of unbranched alkanes of at least 4 members (excludes halogenated alkanes) is 4. The zero-order valence-electron chi connectivity index (χ0n) is 13.4. The van der Waals surface area contributed by atoms with Crippen molar-refractivity contribution < 1.29 is 9.36 Å². The molecule has 0 amide bonds. The highest BCUT2D eigenvalue weighted by Gasteiger charge is 2.08. The van der Waals surface area contributed by atoms with Gasteiger partial charge in [-0.1, -0.05) is 56.6 Å². The largest absolute Gasteiger partial charge is 0.289 e. The quantitative estimate of drug-likeness (QED) is 0.286. The molecule has 0 atom stereocenters. The number of carbonyl (C=O) groups is 1. The van der Waals surface area contributed by atoms with Gasteiger partial charge in [0.1, 0.15) is 6.54 Å². The van der Waals surface area contributed by atoms with Crippen molar-refractivity contribution in [3.8, 4) is 0 Å². The molecule has 0 saturated carbocycles. The van der Waals surface area contributed by atoms with E-state index in [2.05, 4.69) is 23.6 Å². The van der Waals surface area contributed by atoms with Gasteiger partial charge < -0.3 is 0 Å². The molecule has 116 valence electrons. The van der Waals surface area contributed by atoms with Crippen molar-refractivity contribution in [2.45, 2.75) is 45.6 Å². The highest BCUT2D eigenvalue weighted by molar-refractivity contribution is 6.04. The van der Waals surface area contributed by atoms with Crippen LogP contribution in [0.2, 0.25) is 0 Å². The molecule has 0 spiro atoms. The Hall–Kier alpha value is -1.96. The summed E-state index contributed by atoms with van der Waals surface area (Å²) in [6.45, 7) is 3.22. The number of carbonyl (C=O) groups excluding carboxylic acids is 1. The minimum absolute atomic E-state index is 0.0778. The molecule has 0 unspecified atom stereocenters. The van der Waals surface area contributed by atoms with Gasteiger partial charge in [0.25, 0.3) is 0 Å². The molecule has 2 heteroatoms. The first-order valence-corrected chi connectivity index (χ1v) is 8.36. The van der Waals surface area contributed by atoms with Gasteiger partial charge in [-0.3, -0.25) is 4.79 Å². The molecular formula is C20H26NO+. The van der Waals surface area contributed by atoms with Crippen LogP contribution >= 0.6 is 0 Å². The number of rotatable bonds is 9. The van der Waals surface area contributed by atoms with Crippen LogP contribution in [0.15, 0.2) is 61.0 Å². The normalized spacial score (nSPS) is 14.2. The third kappa shape index (κ3) is 5.44. The van der Waals surface area contributed by atoms with Crippen LogP contribution in [0.4, 0.5) is 0 Å². The van der Waals surface area contributed by atoms with Crippen LogP contribution in [0.5, 0.6) is 0 Å². The molecule has 2 nitrogen and oxygen atoms in total. The first-order valence-electron chi connectivity index (χ1n) is 8.36. The first kappa shape index (κ1) is 16.4. The standard InChI is InChI=1S/C20H26NO/c1-2-3-4-5-8-15-21-16-9-12-19(17-21)20(22)14-13-18-10-6-7-11-18/h6-7,9-14,16-18H,2-5,8,15H2,1H3/q+1/b14-13+. The summed E-state index contributed by atoms with van der Waals surface area (Å²) in [6.07, 6.45) is 22.1. The number of pyridine rings is 1. The summed E-state index contributed by atoms with van der Waals surface area (Å²) < 4.78 is 2.13. The van der Waals surface area contributed by atoms with Crippen molar-refractivity contribution in [2.24, 2.45) is 5.92 Å². The highest BCUT2D eigenvalue weighted by Crippen LogP contribution is 2.11. The number of ketones is 1. The summed E-state index contributed by atoms with van der Waals surface area (Å²) in [5.74, 6) is 0.340. The summed E-state index contributed by atoms with van der Waals surface area (Å²) >= 11 is 0. The summed E-state index contributed by atoms with van der Waals surface area (Å²) in [5, 5.41) is 0. The van der Waals surface area contributed by atoms with Crippen LogP contribution in [-0.4, -0.2) is 5.78 Å². The summed E-state index contributed by atoms with van der Waals surface area (Å²) in [7, 11) is 0. The van der Waals surface area contributed by atoms with Gasteiger partial charge in [-0.05, 0) is 18.6 Å². The molecule has 0 fully saturated rings. The average molecular weight is 296 g/mol. The van der Waals surface area contributed by atoms with Crippen LogP contribution < -0.4 is 4.57 Å². The Morgan fingerprint density at radius 1 is 1.18 bits per heavy atom. The molecule has 22 heavy (non-hydrogen) atoms. The van der Waals surface area contributed by atoms with E-state index in [4.69, 9.17) is 0 Å². The highest BCUT2D eigenvalue weighted by atomic mass is 16.1. The molecule has 1 heterocycles. The molecule has 2 rings (SSSR count). The van der Waals surface area contributed by atoms with Crippen molar-refractivity contribution in [2.75, 3.05) is 0 Å². The molecule has 0 N–H and O–H groups in total. The zero-order valence-corrected chi connectivity index (χ0v) is 13.4. The molecule has 0 saturated heterocycles. The summed E-state index contributed by atoms with van der Waals surface area (Å²) in [6, 6.07) is 3.85. The second-order valence-electron chi connectivity index (χ2n) is 5.82. The number of aryl methyl sites for hydroxylation is 1. The predicted molar refractivity (Wildman–Crippen MR) is 90.6 cm³/mol. The Bertz CT molecular complexity index is 557. The number of hydrogen-bond acceptors (Lipinski definition) is 1. The molecule has 1 aromatic heterocycles. The monoisotopic (exact) mass is 296 g/mol. The van der Waals surface area contributed by atoms with Gasteiger partial charge in [0.05, 0.1) is 5.56 Å². The minimum atomic E-state index is 0.0778. The lowest BCUT2D eigenvalue weighted by molar-refractivity contribution is -0.697. The smallest absolute Gasteiger partial charge is 0.191 e. The Balaban J connectivity index is 1.85. The van der Waals surface area contributed by atoms with Gasteiger partial charge in [0, 0.05) is 18.4 Å². The second-order valence-corrected chi connectivity index (χ2v) is 5.82. The number of allylic oxidation sites excluding steroid dienone is 6. The lowest BCUT2D eigenvalue weighted by Gasteiger charge is -2.00. The maximum absolute atomic E-state index is 12.2. The van der Waals surface area contributed by atoms with E-state index >= 15 is 0 Å². The van der Waals surface area contributed by atoms with E-state index in [0.717, 1.165) is 12.1 Å². The van der Waals surface area contributed by atoms with E-state index in [-0.39, 0.29) is 11.7 Å². The van der Waals surface area contributed by atoms with E-state index in [1.807, 2.05) is 42.8 Å². The third-order valence-electron chi connectivity index (χ3n) is 3.91. The maximum atomic E-state index is 12.2. The van der Waals surface area contributed by atoms with Gasteiger partial charge in [-0.2, -0.15) is 0 Å². The molecule has 1 aliphatic rings. The average Bonchev–Trinajstić information content (AvgIpc) is 3.06. The van der Waals surface area contributed by atoms with Gasteiger partial charge in [0.2, 0.25) is 0 Å². The zero-order chi connectivity index (χ0) is 15.6. The van der Waals surface area contributed by atoms with E-state index < -0.39 is 0 Å². The summed E-state index contributed by atoms with van der Waals surface area (Å²) in [5.41, 5.74) is 0.762. The SMILES string of the molecule is CCCCCCC[n+]1cccc(C(=O)/C=C/C2C=CC=C2)c1. The molecule has 0 radical (unpaired) electrons. The molecule has 0 aliphatic heterocycles. The van der Waals surface area contributed by atoms with Crippen molar-refractivity contribution >= 4 is 5.78 Å². The fraction of sp³-hybridized carbons (Fsp3) is 0.400. The van der Waals surface area contributed by atoms with Crippen LogP contribution in [0.3, 0.4) is 0 Å². The minimum Gasteiger partial charge on any atom is -0.289 e. The number of nitrogens with zero attached hydrogens (tertiary/aromatic N) is 1. The summed E-state index contributed by atoms with van der Waals surface area (Å²) in [4.78, 5) is 12.2. The van der Waals surface area contributed by atoms with Crippen LogP contribution in [-0.2, 0) is 6.54 Å². The fourth-order valence-electron chi connectivity index (χ4n) is 2.58. The van der Waals surface area contributed by atoms with Crippen LogP contribution in [0.25, 0.3) is 0 Å². The van der Waals surface area contributed by atoms with E-state index in [0.29, 0.717) is 0 Å². The Labute approximate surface area is 133 Å². The molecular weight excluding hydrogens is 270 g/mol. The van der Waals surface area contributed by atoms with Crippen LogP contribution in [0.1, 0.15) is 49.4 Å². The van der Waals surface area contributed by atoms with Gasteiger partial charge >= 0.3 is 0 Å². The second kappa shape index (κ2) is 9.14. The lowest BCUT2D eigenvalue weighted by Crippen LogP contribution is -2.33. The third-order valence-corrected chi connectivity index (χ3v) is 3.91. The van der Waals surface area contributed by atoms with Gasteiger partial charge in [-0.15, -0.1) is 0 Å². The van der Waals surface area contributed by atoms with Crippen molar-refractivity contribution in [1.82, 2.24) is 0 Å². The van der Waals surface area contributed by atoms with Crippen molar-refractivity contribution in [1.29, 1.82) is 0 Å². The van der Waals surface area contributed by atoms with E-state index in [1.165, 1.54) is 32.1 Å². The molecule has 1 aliphatic carbocycles. The Kier molecular flexibility index (Phi) is 6.82. The van der Waals surface area contributed by atoms with Crippen LogP contribution in [0, 0.1) is 5.92 Å². The Morgan fingerprint density at radius 2 is 1.95 bits per heavy atom. The molecule has 1 aromatic rings. The fourth-order valence-corrected chi connectivity index (χ4v) is 2.58. The molecule has 0 aromatic carbocycles. The number of aromatic nitrogens is 1. The lowest BCUT2D eigenvalue weighted by atomic mass is 10.1. The van der Waals surface area contributed by atoms with Gasteiger partial charge in [0.15, 0.2) is 18.2 Å². The number of hydrogen-bond donors (Lipinski definition) is 0. The maximum Gasteiger partial charge on any atom is 0.191 e. The van der Waals surface area contributed by atoms with Gasteiger partial charge in [-0.25, -0.2) is 4.57 Å². The van der Waals surface area contributed by atoms with E-state index in [1.54, 1.807) is 6.08 Å². The Morgan fingerprint density at radius 3 is 2.73 bits per heavy atom. The topological polar surface area (TPSA) is 20.9 Å². The molecule has 0 bridgehead atoms. The predicted octanol–water partition coefficient (Wildman–Crippen LogP) is 4.43.